The highest BCUT2D eigenvalue weighted by Gasteiger charge is 2.19. The number of benzene rings is 4. The second kappa shape index (κ2) is 13.4. The van der Waals surface area contributed by atoms with Crippen molar-refractivity contribution in [3.05, 3.63) is 130 Å². The van der Waals surface area contributed by atoms with E-state index in [0.29, 0.717) is 38.2 Å². The maximum atomic E-state index is 12.5. The van der Waals surface area contributed by atoms with Gasteiger partial charge in [0.1, 0.15) is 17.3 Å². The van der Waals surface area contributed by atoms with Crippen molar-refractivity contribution >= 4 is 57.9 Å². The van der Waals surface area contributed by atoms with Gasteiger partial charge in [-0.25, -0.2) is 5.43 Å². The molecule has 44 heavy (non-hydrogen) atoms. The van der Waals surface area contributed by atoms with Crippen LogP contribution < -0.4 is 10.2 Å². The molecule has 6 aromatic rings. The van der Waals surface area contributed by atoms with Gasteiger partial charge in [0, 0.05) is 17.1 Å². The van der Waals surface area contributed by atoms with E-state index in [2.05, 4.69) is 51.1 Å². The molecule has 0 spiro atoms. The summed E-state index contributed by atoms with van der Waals surface area (Å²) in [5.74, 6) is 1.15. The first-order valence-corrected chi connectivity index (χ1v) is 15.2. The molecule has 220 valence electrons. The molecule has 0 aliphatic heterocycles. The lowest BCUT2D eigenvalue weighted by atomic mass is 10.0. The van der Waals surface area contributed by atoms with E-state index in [0.717, 1.165) is 11.5 Å². The molecule has 6 rings (SSSR count). The van der Waals surface area contributed by atoms with Gasteiger partial charge in [0.2, 0.25) is 5.16 Å². The van der Waals surface area contributed by atoms with Gasteiger partial charge in [-0.2, -0.15) is 5.10 Å². The fourth-order valence-electron chi connectivity index (χ4n) is 4.55. The molecule has 0 aliphatic rings. The van der Waals surface area contributed by atoms with Crippen molar-refractivity contribution in [1.82, 2.24) is 20.2 Å². The number of nitrogens with one attached hydrogen (secondary N) is 1. The number of rotatable bonds is 10. The van der Waals surface area contributed by atoms with Gasteiger partial charge in [0.05, 0.1) is 11.2 Å². The Labute approximate surface area is 267 Å². The number of carbonyl (C=O) groups is 1. The maximum Gasteiger partial charge on any atom is 0.280 e. The van der Waals surface area contributed by atoms with Crippen LogP contribution in [0.5, 0.6) is 5.75 Å². The lowest BCUT2D eigenvalue weighted by molar-refractivity contribution is -0.127. The molecule has 4 aromatic carbocycles. The van der Waals surface area contributed by atoms with Crippen molar-refractivity contribution in [2.75, 3.05) is 0 Å². The molecule has 1 atom stereocenters. The fraction of sp³-hybridized carbons (Fsp3) is 0.0909. The van der Waals surface area contributed by atoms with Gasteiger partial charge in [-0.3, -0.25) is 9.36 Å². The highest BCUT2D eigenvalue weighted by atomic mass is 35.5. The van der Waals surface area contributed by atoms with Crippen LogP contribution >= 0.6 is 35.0 Å². The van der Waals surface area contributed by atoms with E-state index < -0.39 is 12.0 Å². The van der Waals surface area contributed by atoms with E-state index in [9.17, 15) is 4.79 Å². The molecule has 2 aromatic heterocycles. The number of para-hydroxylation sites is 1. The summed E-state index contributed by atoms with van der Waals surface area (Å²) in [5.41, 5.74) is 4.57. The molecule has 0 radical (unpaired) electrons. The highest BCUT2D eigenvalue weighted by Crippen LogP contribution is 2.32. The average molecular weight is 643 g/mol. The number of amides is 1. The van der Waals surface area contributed by atoms with Crippen LogP contribution in [0, 0.1) is 0 Å². The summed E-state index contributed by atoms with van der Waals surface area (Å²) in [6, 6.07) is 32.9. The normalized spacial score (nSPS) is 12.1. The zero-order valence-electron chi connectivity index (χ0n) is 23.4. The third kappa shape index (κ3) is 6.81. The highest BCUT2D eigenvalue weighted by molar-refractivity contribution is 7.99. The minimum absolute atomic E-state index is 0.310. The summed E-state index contributed by atoms with van der Waals surface area (Å²) in [6.07, 6.45) is 1.17. The molecule has 1 amide bonds. The lowest BCUT2D eigenvalue weighted by Gasteiger charge is -2.14. The van der Waals surface area contributed by atoms with Crippen molar-refractivity contribution in [2.24, 2.45) is 5.10 Å². The molecular weight excluding hydrogens is 617 g/mol. The molecular formula is C33H25Cl2N5O3S. The van der Waals surface area contributed by atoms with E-state index in [1.807, 2.05) is 53.1 Å². The number of carbonyl (C=O) groups excluding carboxylic acids is 1. The van der Waals surface area contributed by atoms with E-state index in [-0.39, 0.29) is 0 Å². The Hall–Kier alpha value is -4.57. The minimum Gasteiger partial charge on any atom is -0.479 e. The standard InChI is InChI=1S/C33H25Cl2N5O3S/c1-21(42-29-16-14-24(34)19-28(29)35)32(41)38-36-20-26-15-17-31(43-26)44-33-39-37-30(40(33)25-11-3-2-4-12-25)18-23-10-7-9-22-8-5-6-13-27(22)23/h2-17,19-21H,18H2,1H3,(H,38,41)/b36-20+/t21-/m1/s1. The van der Waals surface area contributed by atoms with Gasteiger partial charge in [0.25, 0.3) is 5.91 Å². The molecule has 0 saturated carbocycles. The Morgan fingerprint density at radius 1 is 1.00 bits per heavy atom. The molecule has 11 heteroatoms. The molecule has 0 aliphatic carbocycles. The topological polar surface area (TPSA) is 94.5 Å². The third-order valence-electron chi connectivity index (χ3n) is 6.67. The van der Waals surface area contributed by atoms with Crippen molar-refractivity contribution < 1.29 is 13.9 Å². The van der Waals surface area contributed by atoms with Gasteiger partial charge in [-0.05, 0) is 77.5 Å². The van der Waals surface area contributed by atoms with Crippen LogP contribution in [0.1, 0.15) is 24.1 Å². The predicted molar refractivity (Wildman–Crippen MR) is 173 cm³/mol. The number of aromatic nitrogens is 3. The zero-order chi connectivity index (χ0) is 30.5. The first kappa shape index (κ1) is 29.5. The summed E-state index contributed by atoms with van der Waals surface area (Å²) in [4.78, 5) is 12.5. The van der Waals surface area contributed by atoms with Crippen LogP contribution in [-0.2, 0) is 11.2 Å². The van der Waals surface area contributed by atoms with Crippen LogP contribution in [0.3, 0.4) is 0 Å². The van der Waals surface area contributed by atoms with Gasteiger partial charge >= 0.3 is 0 Å². The van der Waals surface area contributed by atoms with Crippen LogP contribution in [0.2, 0.25) is 10.0 Å². The van der Waals surface area contributed by atoms with E-state index in [1.165, 1.54) is 34.3 Å². The number of hydrogen-bond acceptors (Lipinski definition) is 7. The van der Waals surface area contributed by atoms with Crippen LogP contribution in [-0.4, -0.2) is 33.0 Å². The second-order valence-electron chi connectivity index (χ2n) is 9.71. The molecule has 8 nitrogen and oxygen atoms in total. The number of halogens is 2. The van der Waals surface area contributed by atoms with Gasteiger partial charge in [-0.1, -0.05) is 83.9 Å². The summed E-state index contributed by atoms with van der Waals surface area (Å²) in [5, 5.41) is 17.5. The summed E-state index contributed by atoms with van der Waals surface area (Å²) in [7, 11) is 0. The summed E-state index contributed by atoms with van der Waals surface area (Å²) >= 11 is 13.4. The second-order valence-corrected chi connectivity index (χ2v) is 11.5. The minimum atomic E-state index is -0.846. The number of furan rings is 1. The Morgan fingerprint density at radius 3 is 2.64 bits per heavy atom. The maximum absolute atomic E-state index is 12.5. The SMILES string of the molecule is C[C@@H](Oc1ccc(Cl)cc1Cl)C(=O)N/N=C/c1ccc(Sc2nnc(Cc3cccc4ccccc34)n2-c2ccccc2)o1. The van der Waals surface area contributed by atoms with Crippen LogP contribution in [0.15, 0.2) is 123 Å². The summed E-state index contributed by atoms with van der Waals surface area (Å²) in [6.45, 7) is 1.59. The van der Waals surface area contributed by atoms with Crippen molar-refractivity contribution in [2.45, 2.75) is 29.7 Å². The van der Waals surface area contributed by atoms with Crippen molar-refractivity contribution in [3.8, 4) is 11.4 Å². The lowest BCUT2D eigenvalue weighted by Crippen LogP contribution is -2.33. The number of nitrogens with zero attached hydrogens (tertiary/aromatic N) is 4. The van der Waals surface area contributed by atoms with Gasteiger partial charge < -0.3 is 9.15 Å². The number of hydrazone groups is 1. The van der Waals surface area contributed by atoms with Crippen LogP contribution in [0.25, 0.3) is 16.5 Å². The third-order valence-corrected chi connectivity index (χ3v) is 8.07. The summed E-state index contributed by atoms with van der Waals surface area (Å²) < 4.78 is 13.6. The van der Waals surface area contributed by atoms with E-state index >= 15 is 0 Å². The van der Waals surface area contributed by atoms with Gasteiger partial charge in [0.15, 0.2) is 11.2 Å². The Morgan fingerprint density at radius 2 is 1.80 bits per heavy atom. The van der Waals surface area contributed by atoms with Crippen LogP contribution in [0.4, 0.5) is 0 Å². The fourth-order valence-corrected chi connectivity index (χ4v) is 5.84. The Bertz CT molecular complexity index is 1950. The quantitative estimate of drug-likeness (QED) is 0.120. The van der Waals surface area contributed by atoms with Gasteiger partial charge in [-0.15, -0.1) is 10.2 Å². The predicted octanol–water partition coefficient (Wildman–Crippen LogP) is 7.98. The molecule has 1 N–H and O–H groups in total. The molecule has 2 heterocycles. The average Bonchev–Trinajstić information content (AvgIpc) is 3.65. The monoisotopic (exact) mass is 641 g/mol. The molecule has 0 fully saturated rings. The number of hydrogen-bond donors (Lipinski definition) is 1. The number of ether oxygens (including phenoxy) is 1. The Kier molecular flexibility index (Phi) is 8.97. The smallest absolute Gasteiger partial charge is 0.280 e. The van der Waals surface area contributed by atoms with E-state index in [4.69, 9.17) is 32.4 Å². The van der Waals surface area contributed by atoms with Crippen molar-refractivity contribution in [3.63, 3.8) is 0 Å². The van der Waals surface area contributed by atoms with Crippen molar-refractivity contribution in [1.29, 1.82) is 0 Å². The van der Waals surface area contributed by atoms with E-state index in [1.54, 1.807) is 31.2 Å². The largest absolute Gasteiger partial charge is 0.479 e. The first-order valence-electron chi connectivity index (χ1n) is 13.6. The zero-order valence-corrected chi connectivity index (χ0v) is 25.7. The first-order chi connectivity index (χ1) is 21.4. The Balaban J connectivity index is 1.15. The number of fused-ring (bicyclic) bond motifs is 1. The molecule has 0 unspecified atom stereocenters. The molecule has 0 bridgehead atoms. The molecule has 0 saturated heterocycles.